The normalized spacial score (nSPS) is 11.4. The number of hydrogen-bond acceptors (Lipinski definition) is 3. The van der Waals surface area contributed by atoms with Crippen LogP contribution in [-0.4, -0.2) is 10.9 Å². The molecule has 0 amide bonds. The number of nitrogens with zero attached hydrogens (tertiary/aromatic N) is 1. The molecule has 2 rings (SSSR count). The van der Waals surface area contributed by atoms with Crippen LogP contribution < -0.4 is 4.74 Å². The van der Waals surface area contributed by atoms with Crippen LogP contribution in [0.4, 0.5) is 4.39 Å². The van der Waals surface area contributed by atoms with Gasteiger partial charge in [-0.15, -0.1) is 0 Å². The van der Waals surface area contributed by atoms with Gasteiger partial charge in [0, 0.05) is 11.1 Å². The van der Waals surface area contributed by atoms with Gasteiger partial charge in [0.1, 0.15) is 18.2 Å². The van der Waals surface area contributed by atoms with Crippen molar-refractivity contribution in [3.05, 3.63) is 63.9 Å². The molecule has 0 aliphatic rings. The summed E-state index contributed by atoms with van der Waals surface area (Å²) >= 11 is 3.20. The third-order valence-electron chi connectivity index (χ3n) is 2.83. The molecule has 0 atom stereocenters. The first-order valence-corrected chi connectivity index (χ1v) is 6.76. The first kappa shape index (κ1) is 14.5. The molecule has 0 spiro atoms. The lowest BCUT2D eigenvalue weighted by Gasteiger charge is -2.09. The predicted octanol–water partition coefficient (Wildman–Crippen LogP) is 4.37. The fraction of sp³-hybridized carbons (Fsp3) is 0.133. The van der Waals surface area contributed by atoms with Gasteiger partial charge in [-0.05, 0) is 41.1 Å². The summed E-state index contributed by atoms with van der Waals surface area (Å²) in [6.07, 6.45) is 0. The van der Waals surface area contributed by atoms with Crippen molar-refractivity contribution in [3.8, 4) is 5.75 Å². The first-order valence-electron chi connectivity index (χ1n) is 5.96. The maximum atomic E-state index is 13.4. The van der Waals surface area contributed by atoms with Gasteiger partial charge in [0.2, 0.25) is 0 Å². The minimum Gasteiger partial charge on any atom is -0.489 e. The second-order valence-electron chi connectivity index (χ2n) is 4.21. The Morgan fingerprint density at radius 2 is 2.05 bits per heavy atom. The van der Waals surface area contributed by atoms with Crippen LogP contribution in [0.5, 0.6) is 5.75 Å². The summed E-state index contributed by atoms with van der Waals surface area (Å²) in [5.41, 5.74) is 1.99. The van der Waals surface area contributed by atoms with E-state index in [1.165, 1.54) is 6.07 Å². The fourth-order valence-corrected chi connectivity index (χ4v) is 2.07. The largest absolute Gasteiger partial charge is 0.489 e. The Hall–Kier alpha value is -1.88. The SMILES string of the molecule is C/C(=N/O)c1cccc(OCc2cccc(F)c2Br)c1. The van der Waals surface area contributed by atoms with Crippen molar-refractivity contribution < 1.29 is 14.3 Å². The Kier molecular flexibility index (Phi) is 4.74. The van der Waals surface area contributed by atoms with Crippen molar-refractivity contribution in [1.29, 1.82) is 0 Å². The molecule has 0 unspecified atom stereocenters. The molecular formula is C15H13BrFNO2. The van der Waals surface area contributed by atoms with E-state index in [4.69, 9.17) is 9.94 Å². The minimum atomic E-state index is -0.317. The second kappa shape index (κ2) is 6.52. The molecule has 20 heavy (non-hydrogen) atoms. The van der Waals surface area contributed by atoms with Gasteiger partial charge in [0.05, 0.1) is 10.2 Å². The van der Waals surface area contributed by atoms with Crippen molar-refractivity contribution in [2.24, 2.45) is 5.16 Å². The molecule has 5 heteroatoms. The van der Waals surface area contributed by atoms with Gasteiger partial charge in [-0.1, -0.05) is 29.4 Å². The number of halogens is 2. The van der Waals surface area contributed by atoms with Gasteiger partial charge in [0.15, 0.2) is 0 Å². The van der Waals surface area contributed by atoms with Crippen molar-refractivity contribution in [2.45, 2.75) is 13.5 Å². The molecular weight excluding hydrogens is 325 g/mol. The molecule has 0 aromatic heterocycles. The number of rotatable bonds is 4. The zero-order valence-corrected chi connectivity index (χ0v) is 12.4. The molecule has 2 aromatic carbocycles. The highest BCUT2D eigenvalue weighted by atomic mass is 79.9. The van der Waals surface area contributed by atoms with Gasteiger partial charge in [0.25, 0.3) is 0 Å². The van der Waals surface area contributed by atoms with E-state index < -0.39 is 0 Å². The van der Waals surface area contributed by atoms with Gasteiger partial charge in [-0.2, -0.15) is 0 Å². The number of oxime groups is 1. The molecule has 0 saturated heterocycles. The first-order chi connectivity index (χ1) is 9.61. The Morgan fingerprint density at radius 3 is 2.80 bits per heavy atom. The average molecular weight is 338 g/mol. The molecule has 0 heterocycles. The van der Waals surface area contributed by atoms with Crippen LogP contribution in [0.2, 0.25) is 0 Å². The summed E-state index contributed by atoms with van der Waals surface area (Å²) in [5, 5.41) is 11.9. The maximum absolute atomic E-state index is 13.4. The van der Waals surface area contributed by atoms with E-state index in [2.05, 4.69) is 21.1 Å². The molecule has 0 aliphatic carbocycles. The number of hydrogen-bond donors (Lipinski definition) is 1. The van der Waals surface area contributed by atoms with Crippen molar-refractivity contribution in [1.82, 2.24) is 0 Å². The summed E-state index contributed by atoms with van der Waals surface area (Å²) < 4.78 is 19.4. The molecule has 0 aliphatic heterocycles. The quantitative estimate of drug-likeness (QED) is 0.511. The van der Waals surface area contributed by atoms with Crippen LogP contribution >= 0.6 is 15.9 Å². The fourth-order valence-electron chi connectivity index (χ4n) is 1.69. The Labute approximate surface area is 124 Å². The van der Waals surface area contributed by atoms with Crippen LogP contribution in [0.25, 0.3) is 0 Å². The molecule has 0 radical (unpaired) electrons. The Morgan fingerprint density at radius 1 is 1.30 bits per heavy atom. The molecule has 2 aromatic rings. The van der Waals surface area contributed by atoms with Crippen LogP contribution in [-0.2, 0) is 6.61 Å². The Balaban J connectivity index is 2.13. The Bertz CT molecular complexity index is 644. The summed E-state index contributed by atoms with van der Waals surface area (Å²) in [5.74, 6) is 0.310. The van der Waals surface area contributed by atoms with E-state index >= 15 is 0 Å². The van der Waals surface area contributed by atoms with E-state index in [0.717, 1.165) is 11.1 Å². The lowest BCUT2D eigenvalue weighted by atomic mass is 10.1. The average Bonchev–Trinajstić information content (AvgIpc) is 2.48. The topological polar surface area (TPSA) is 41.8 Å². The standard InChI is InChI=1S/C15H13BrFNO2/c1-10(18-19)11-4-2-6-13(8-11)20-9-12-5-3-7-14(17)15(12)16/h2-8,19H,9H2,1H3/b18-10-. The van der Waals surface area contributed by atoms with Crippen LogP contribution in [0.3, 0.4) is 0 Å². The van der Waals surface area contributed by atoms with Crippen molar-refractivity contribution >= 4 is 21.6 Å². The van der Waals surface area contributed by atoms with Crippen LogP contribution in [0.15, 0.2) is 52.1 Å². The van der Waals surface area contributed by atoms with E-state index in [0.29, 0.717) is 15.9 Å². The minimum absolute atomic E-state index is 0.247. The summed E-state index contributed by atoms with van der Waals surface area (Å²) in [6.45, 7) is 1.94. The van der Waals surface area contributed by atoms with Crippen molar-refractivity contribution in [3.63, 3.8) is 0 Å². The zero-order chi connectivity index (χ0) is 14.5. The molecule has 1 N–H and O–H groups in total. The third-order valence-corrected chi connectivity index (χ3v) is 3.72. The monoisotopic (exact) mass is 337 g/mol. The summed E-state index contributed by atoms with van der Waals surface area (Å²) in [7, 11) is 0. The predicted molar refractivity (Wildman–Crippen MR) is 78.9 cm³/mol. The van der Waals surface area contributed by atoms with Gasteiger partial charge in [-0.3, -0.25) is 0 Å². The lowest BCUT2D eigenvalue weighted by Crippen LogP contribution is -1.99. The maximum Gasteiger partial charge on any atom is 0.137 e. The van der Waals surface area contributed by atoms with E-state index in [1.54, 1.807) is 37.3 Å². The highest BCUT2D eigenvalue weighted by Crippen LogP contribution is 2.22. The number of ether oxygens (including phenoxy) is 1. The highest BCUT2D eigenvalue weighted by molar-refractivity contribution is 9.10. The molecule has 0 saturated carbocycles. The molecule has 0 bridgehead atoms. The van der Waals surface area contributed by atoms with Gasteiger partial charge in [-0.25, -0.2) is 4.39 Å². The third kappa shape index (κ3) is 3.36. The summed E-state index contributed by atoms with van der Waals surface area (Å²) in [4.78, 5) is 0. The highest BCUT2D eigenvalue weighted by Gasteiger charge is 2.06. The van der Waals surface area contributed by atoms with Gasteiger partial charge >= 0.3 is 0 Å². The van der Waals surface area contributed by atoms with Gasteiger partial charge < -0.3 is 9.94 Å². The van der Waals surface area contributed by atoms with Crippen molar-refractivity contribution in [2.75, 3.05) is 0 Å². The van der Waals surface area contributed by atoms with E-state index in [9.17, 15) is 4.39 Å². The number of benzene rings is 2. The summed E-state index contributed by atoms with van der Waals surface area (Å²) in [6, 6.07) is 12.0. The second-order valence-corrected chi connectivity index (χ2v) is 5.01. The van der Waals surface area contributed by atoms with Crippen LogP contribution in [0.1, 0.15) is 18.1 Å². The van der Waals surface area contributed by atoms with E-state index in [-0.39, 0.29) is 12.4 Å². The smallest absolute Gasteiger partial charge is 0.137 e. The zero-order valence-electron chi connectivity index (χ0n) is 10.8. The van der Waals surface area contributed by atoms with E-state index in [1.807, 2.05) is 6.07 Å². The van der Waals surface area contributed by atoms with Crippen LogP contribution in [0, 0.1) is 5.82 Å². The molecule has 0 fully saturated rings. The lowest BCUT2D eigenvalue weighted by molar-refractivity contribution is 0.304. The molecule has 104 valence electrons. The molecule has 3 nitrogen and oxygen atoms in total.